The Morgan fingerprint density at radius 2 is 1.81 bits per heavy atom. The highest BCUT2D eigenvalue weighted by molar-refractivity contribution is 6.04. The number of ether oxygens (including phenoxy) is 1. The van der Waals surface area contributed by atoms with Crippen molar-refractivity contribution in [3.8, 4) is 5.75 Å². The van der Waals surface area contributed by atoms with Crippen LogP contribution in [0.1, 0.15) is 15.9 Å². The average molecular weight is 283 g/mol. The van der Waals surface area contributed by atoms with E-state index in [9.17, 15) is 4.79 Å². The Morgan fingerprint density at radius 1 is 1.10 bits per heavy atom. The van der Waals surface area contributed by atoms with Crippen molar-refractivity contribution in [2.24, 2.45) is 0 Å². The molecule has 0 atom stereocenters. The van der Waals surface area contributed by atoms with Gasteiger partial charge in [0.15, 0.2) is 5.78 Å². The number of rotatable bonds is 7. The second-order valence-corrected chi connectivity index (χ2v) is 4.36. The zero-order chi connectivity index (χ0) is 14.9. The molecule has 0 radical (unpaired) electrons. The van der Waals surface area contributed by atoms with Crippen molar-refractivity contribution in [2.75, 3.05) is 6.73 Å². The maximum Gasteiger partial charge on any atom is 0.187 e. The Kier molecular flexibility index (Phi) is 5.55. The fourth-order valence-electron chi connectivity index (χ4n) is 1.74. The van der Waals surface area contributed by atoms with Crippen LogP contribution in [0.4, 0.5) is 0 Å². The third-order valence-electron chi connectivity index (χ3n) is 2.83. The summed E-state index contributed by atoms with van der Waals surface area (Å²) in [5.74, 6) is 0.582. The first-order chi connectivity index (χ1) is 10.3. The Labute approximate surface area is 123 Å². The van der Waals surface area contributed by atoms with Crippen LogP contribution in [0.5, 0.6) is 5.75 Å². The van der Waals surface area contributed by atoms with Gasteiger partial charge in [0, 0.05) is 17.8 Å². The minimum absolute atomic E-state index is 0.134. The van der Waals surface area contributed by atoms with E-state index in [0.29, 0.717) is 17.9 Å². The molecule has 0 aliphatic rings. The average Bonchev–Trinajstić information content (AvgIpc) is 2.54. The van der Waals surface area contributed by atoms with Gasteiger partial charge in [-0.25, -0.2) is 0 Å². The van der Waals surface area contributed by atoms with E-state index in [4.69, 9.17) is 9.84 Å². The van der Waals surface area contributed by atoms with Gasteiger partial charge in [0.1, 0.15) is 19.1 Å². The molecular formula is C17H17NO3. The van der Waals surface area contributed by atoms with Gasteiger partial charge in [0.25, 0.3) is 0 Å². The summed E-state index contributed by atoms with van der Waals surface area (Å²) in [6.07, 6.45) is 2.79. The van der Waals surface area contributed by atoms with Crippen LogP contribution in [0, 0.1) is 0 Å². The molecule has 0 heterocycles. The monoisotopic (exact) mass is 283 g/mol. The molecule has 0 saturated heterocycles. The second-order valence-electron chi connectivity index (χ2n) is 4.36. The van der Waals surface area contributed by atoms with Crippen LogP contribution >= 0.6 is 0 Å². The number of nitrogens with one attached hydrogen (secondary N) is 1. The van der Waals surface area contributed by atoms with Crippen LogP contribution in [0.3, 0.4) is 0 Å². The lowest BCUT2D eigenvalue weighted by Crippen LogP contribution is -2.06. The molecule has 108 valence electrons. The molecule has 0 saturated carbocycles. The molecule has 0 aliphatic heterocycles. The molecule has 4 nitrogen and oxygen atoms in total. The third-order valence-corrected chi connectivity index (χ3v) is 2.83. The van der Waals surface area contributed by atoms with Crippen molar-refractivity contribution in [1.29, 1.82) is 0 Å². The van der Waals surface area contributed by atoms with Gasteiger partial charge in [-0.3, -0.25) is 4.79 Å². The second kappa shape index (κ2) is 7.87. The standard InChI is InChI=1S/C17H17NO3/c19-13-18-11-10-17(20)15-6-8-16(9-7-15)21-12-14-4-2-1-3-5-14/h1-11,18-19H,12-13H2. The minimum Gasteiger partial charge on any atom is -0.489 e. The zero-order valence-electron chi connectivity index (χ0n) is 11.5. The maximum atomic E-state index is 11.8. The van der Waals surface area contributed by atoms with Gasteiger partial charge in [-0.2, -0.15) is 0 Å². The first-order valence-electron chi connectivity index (χ1n) is 6.61. The molecule has 0 amide bonds. The predicted octanol–water partition coefficient (Wildman–Crippen LogP) is 2.50. The topological polar surface area (TPSA) is 58.6 Å². The molecule has 2 aromatic rings. The number of benzene rings is 2. The largest absolute Gasteiger partial charge is 0.489 e. The molecule has 21 heavy (non-hydrogen) atoms. The number of allylic oxidation sites excluding steroid dienone is 1. The number of carbonyl (C=O) groups is 1. The van der Waals surface area contributed by atoms with Crippen LogP contribution in [-0.4, -0.2) is 17.6 Å². The number of carbonyl (C=O) groups excluding carboxylic acids is 1. The lowest BCUT2D eigenvalue weighted by atomic mass is 10.1. The van der Waals surface area contributed by atoms with Crippen molar-refractivity contribution < 1.29 is 14.6 Å². The molecule has 4 heteroatoms. The molecule has 0 spiro atoms. The Hall–Kier alpha value is -2.59. The molecule has 0 bridgehead atoms. The quantitative estimate of drug-likeness (QED) is 0.466. The lowest BCUT2D eigenvalue weighted by molar-refractivity contribution is 0.104. The van der Waals surface area contributed by atoms with E-state index in [1.165, 1.54) is 12.3 Å². The van der Waals surface area contributed by atoms with E-state index in [0.717, 1.165) is 5.56 Å². The number of hydrogen-bond acceptors (Lipinski definition) is 4. The summed E-state index contributed by atoms with van der Waals surface area (Å²) in [6, 6.07) is 16.8. The highest BCUT2D eigenvalue weighted by Gasteiger charge is 2.02. The van der Waals surface area contributed by atoms with E-state index in [-0.39, 0.29) is 12.5 Å². The van der Waals surface area contributed by atoms with Crippen molar-refractivity contribution in [2.45, 2.75) is 6.61 Å². The Balaban J connectivity index is 1.91. The summed E-state index contributed by atoms with van der Waals surface area (Å²) in [5, 5.41) is 11.1. The van der Waals surface area contributed by atoms with Gasteiger partial charge in [-0.15, -0.1) is 0 Å². The van der Waals surface area contributed by atoms with Crippen LogP contribution < -0.4 is 10.1 Å². The molecule has 2 aromatic carbocycles. The van der Waals surface area contributed by atoms with Gasteiger partial charge in [-0.05, 0) is 29.8 Å². The van der Waals surface area contributed by atoms with Crippen molar-refractivity contribution in [3.63, 3.8) is 0 Å². The molecule has 0 aliphatic carbocycles. The summed E-state index contributed by atoms with van der Waals surface area (Å²) >= 11 is 0. The smallest absolute Gasteiger partial charge is 0.187 e. The van der Waals surface area contributed by atoms with E-state index >= 15 is 0 Å². The summed E-state index contributed by atoms with van der Waals surface area (Å²) < 4.78 is 5.65. The third kappa shape index (κ3) is 4.78. The van der Waals surface area contributed by atoms with E-state index in [2.05, 4.69) is 5.32 Å². The number of aliphatic hydroxyl groups excluding tert-OH is 1. The number of aliphatic hydroxyl groups is 1. The van der Waals surface area contributed by atoms with Crippen molar-refractivity contribution in [3.05, 3.63) is 78.0 Å². The maximum absolute atomic E-state index is 11.8. The predicted molar refractivity (Wildman–Crippen MR) is 80.9 cm³/mol. The molecule has 2 N–H and O–H groups in total. The van der Waals surface area contributed by atoms with Gasteiger partial charge >= 0.3 is 0 Å². The fraction of sp³-hybridized carbons (Fsp3) is 0.118. The van der Waals surface area contributed by atoms with E-state index in [1.54, 1.807) is 24.3 Å². The normalized spacial score (nSPS) is 10.5. The minimum atomic E-state index is -0.198. The van der Waals surface area contributed by atoms with Crippen LogP contribution in [0.15, 0.2) is 66.9 Å². The molecule has 2 rings (SSSR count). The van der Waals surface area contributed by atoms with Gasteiger partial charge in [0.2, 0.25) is 0 Å². The van der Waals surface area contributed by atoms with Gasteiger partial charge in [0.05, 0.1) is 0 Å². The lowest BCUT2D eigenvalue weighted by Gasteiger charge is -2.06. The van der Waals surface area contributed by atoms with Crippen molar-refractivity contribution in [1.82, 2.24) is 5.32 Å². The summed E-state index contributed by atoms with van der Waals surface area (Å²) in [5.41, 5.74) is 1.66. The highest BCUT2D eigenvalue weighted by atomic mass is 16.5. The fourth-order valence-corrected chi connectivity index (χ4v) is 1.74. The Morgan fingerprint density at radius 3 is 2.48 bits per heavy atom. The first kappa shape index (κ1) is 14.8. The molecule has 0 fully saturated rings. The number of ketones is 1. The van der Waals surface area contributed by atoms with Crippen LogP contribution in [0.25, 0.3) is 0 Å². The Bertz CT molecular complexity index is 591. The van der Waals surface area contributed by atoms with Crippen LogP contribution in [-0.2, 0) is 6.61 Å². The zero-order valence-corrected chi connectivity index (χ0v) is 11.5. The number of hydrogen-bond donors (Lipinski definition) is 2. The van der Waals surface area contributed by atoms with Crippen LogP contribution in [0.2, 0.25) is 0 Å². The molecule has 0 aromatic heterocycles. The molecule has 0 unspecified atom stereocenters. The van der Waals surface area contributed by atoms with E-state index in [1.807, 2.05) is 30.3 Å². The molecular weight excluding hydrogens is 266 g/mol. The first-order valence-corrected chi connectivity index (χ1v) is 6.61. The van der Waals surface area contributed by atoms with Gasteiger partial charge in [-0.1, -0.05) is 30.3 Å². The van der Waals surface area contributed by atoms with E-state index < -0.39 is 0 Å². The van der Waals surface area contributed by atoms with Gasteiger partial charge < -0.3 is 15.2 Å². The summed E-state index contributed by atoms with van der Waals surface area (Å²) in [6.45, 7) is 0.296. The summed E-state index contributed by atoms with van der Waals surface area (Å²) in [7, 11) is 0. The highest BCUT2D eigenvalue weighted by Crippen LogP contribution is 2.14. The SMILES string of the molecule is O=C(C=CNCO)c1ccc(OCc2ccccc2)cc1. The van der Waals surface area contributed by atoms with Crippen molar-refractivity contribution >= 4 is 5.78 Å². The summed E-state index contributed by atoms with van der Waals surface area (Å²) in [4.78, 5) is 11.8.